The molecule has 3 rings (SSSR count). The first kappa shape index (κ1) is 22.7. The van der Waals surface area contributed by atoms with E-state index in [4.69, 9.17) is 0 Å². The smallest absolute Gasteiger partial charge is 0.122 e. The van der Waals surface area contributed by atoms with Gasteiger partial charge in [-0.25, -0.2) is 0 Å². The number of nitrogens with one attached hydrogen (secondary N) is 3. The Hall–Kier alpha value is -1.56. The largest absolute Gasteiger partial charge is 0.388 e. The van der Waals surface area contributed by atoms with Gasteiger partial charge >= 0.3 is 0 Å². The minimum Gasteiger partial charge on any atom is -0.388 e. The van der Waals surface area contributed by atoms with Gasteiger partial charge in [0.15, 0.2) is 0 Å². The van der Waals surface area contributed by atoms with Crippen LogP contribution in [-0.2, 0) is 4.79 Å². The number of hydrogen-bond donors (Lipinski definition) is 3. The molecule has 1 saturated heterocycles. The number of piperidine rings is 1. The Morgan fingerprint density at radius 2 is 1.89 bits per heavy atom. The summed E-state index contributed by atoms with van der Waals surface area (Å²) in [6, 6.07) is 13.6. The predicted molar refractivity (Wildman–Crippen MR) is 123 cm³/mol. The number of carbonyl (C=O) groups excluding carboxylic acids is 1. The van der Waals surface area contributed by atoms with Crippen LogP contribution in [-0.4, -0.2) is 32.5 Å². The van der Waals surface area contributed by atoms with Crippen LogP contribution in [0.15, 0.2) is 41.3 Å². The molecule has 1 heterocycles. The first-order valence-corrected chi connectivity index (χ1v) is 11.3. The molecule has 1 aliphatic heterocycles. The highest BCUT2D eigenvalue weighted by Gasteiger charge is 2.13. The summed E-state index contributed by atoms with van der Waals surface area (Å²) in [4.78, 5) is 11.3. The van der Waals surface area contributed by atoms with Crippen molar-refractivity contribution in [3.8, 4) is 0 Å². The molecular formula is C23H35N3OS. The summed E-state index contributed by atoms with van der Waals surface area (Å²) in [5.41, 5.74) is 1.19. The van der Waals surface area contributed by atoms with Crippen molar-refractivity contribution in [2.24, 2.45) is 5.92 Å². The maximum atomic E-state index is 10.0. The molecule has 1 fully saturated rings. The molecule has 1 atom stereocenters. The summed E-state index contributed by atoms with van der Waals surface area (Å²) in [7, 11) is 1.97. The Morgan fingerprint density at radius 1 is 1.18 bits per heavy atom. The second-order valence-corrected chi connectivity index (χ2v) is 8.29. The van der Waals surface area contributed by atoms with Crippen LogP contribution in [0.1, 0.15) is 46.0 Å². The fraction of sp³-hybridized carbons (Fsp3) is 0.522. The SMILES string of the molecule is CCCCC(C)C=O.CNc1ccc(SNC2CCNCC2)c2ccccc12. The van der Waals surface area contributed by atoms with Gasteiger partial charge in [0.25, 0.3) is 0 Å². The molecule has 0 aromatic heterocycles. The number of hydrogen-bond acceptors (Lipinski definition) is 5. The molecule has 3 N–H and O–H groups in total. The number of unbranched alkanes of at least 4 members (excludes halogenated alkanes) is 1. The van der Waals surface area contributed by atoms with E-state index in [1.165, 1.54) is 47.0 Å². The Balaban J connectivity index is 0.000000300. The molecule has 5 heteroatoms. The zero-order valence-electron chi connectivity index (χ0n) is 17.5. The molecule has 4 nitrogen and oxygen atoms in total. The van der Waals surface area contributed by atoms with Gasteiger partial charge in [0.1, 0.15) is 6.29 Å². The van der Waals surface area contributed by atoms with E-state index in [-0.39, 0.29) is 5.92 Å². The van der Waals surface area contributed by atoms with Gasteiger partial charge in [-0.05, 0) is 61.8 Å². The normalized spacial score (nSPS) is 15.5. The van der Waals surface area contributed by atoms with Crippen molar-refractivity contribution in [3.63, 3.8) is 0 Å². The fourth-order valence-electron chi connectivity index (χ4n) is 3.26. The van der Waals surface area contributed by atoms with E-state index in [2.05, 4.69) is 58.7 Å². The lowest BCUT2D eigenvalue weighted by molar-refractivity contribution is -0.110. The molecule has 0 bridgehead atoms. The highest BCUT2D eigenvalue weighted by molar-refractivity contribution is 7.97. The molecule has 0 amide bonds. The van der Waals surface area contributed by atoms with Gasteiger partial charge in [-0.3, -0.25) is 4.72 Å². The monoisotopic (exact) mass is 401 g/mol. The van der Waals surface area contributed by atoms with Crippen LogP contribution in [0.5, 0.6) is 0 Å². The molecule has 154 valence electrons. The van der Waals surface area contributed by atoms with Gasteiger partial charge in [0.2, 0.25) is 0 Å². The number of fused-ring (bicyclic) bond motifs is 1. The number of anilines is 1. The van der Waals surface area contributed by atoms with E-state index in [9.17, 15) is 4.79 Å². The highest BCUT2D eigenvalue weighted by atomic mass is 32.2. The third kappa shape index (κ3) is 7.12. The van der Waals surface area contributed by atoms with Crippen LogP contribution in [0.4, 0.5) is 5.69 Å². The lowest BCUT2D eigenvalue weighted by atomic mass is 10.1. The van der Waals surface area contributed by atoms with Crippen molar-refractivity contribution in [1.82, 2.24) is 10.0 Å². The lowest BCUT2D eigenvalue weighted by Gasteiger charge is -2.23. The summed E-state index contributed by atoms with van der Waals surface area (Å²) in [5.74, 6) is 0.273. The molecule has 0 spiro atoms. The van der Waals surface area contributed by atoms with Crippen LogP contribution in [0.3, 0.4) is 0 Å². The van der Waals surface area contributed by atoms with Gasteiger partial charge in [-0.2, -0.15) is 0 Å². The van der Waals surface area contributed by atoms with Crippen molar-refractivity contribution in [2.45, 2.75) is 56.9 Å². The van der Waals surface area contributed by atoms with Crippen molar-refractivity contribution in [1.29, 1.82) is 0 Å². The maximum absolute atomic E-state index is 10.0. The standard InChI is InChI=1S/C16H21N3S.C7H14O/c1-17-15-6-7-16(14-5-3-2-4-13(14)15)20-19-12-8-10-18-11-9-12;1-3-4-5-7(2)6-8/h2-7,12,17-19H,8-11H2,1H3;6-7H,3-5H2,1-2H3. The number of carbonyl (C=O) groups is 1. The van der Waals surface area contributed by atoms with Crippen molar-refractivity contribution in [3.05, 3.63) is 36.4 Å². The van der Waals surface area contributed by atoms with Crippen molar-refractivity contribution >= 4 is 34.7 Å². The van der Waals surface area contributed by atoms with Crippen LogP contribution in [0.2, 0.25) is 0 Å². The number of benzene rings is 2. The molecule has 0 radical (unpaired) electrons. The Bertz CT molecular complexity index is 716. The molecule has 1 aliphatic rings. The van der Waals surface area contributed by atoms with E-state index < -0.39 is 0 Å². The van der Waals surface area contributed by atoms with Gasteiger partial charge in [0, 0.05) is 35.0 Å². The average molecular weight is 402 g/mol. The Labute approximate surface area is 174 Å². The highest BCUT2D eigenvalue weighted by Crippen LogP contribution is 2.31. The van der Waals surface area contributed by atoms with Crippen LogP contribution in [0.25, 0.3) is 10.8 Å². The van der Waals surface area contributed by atoms with Gasteiger partial charge in [-0.1, -0.05) is 51.0 Å². The minimum absolute atomic E-state index is 0.273. The molecule has 28 heavy (non-hydrogen) atoms. The van der Waals surface area contributed by atoms with Crippen molar-refractivity contribution < 1.29 is 4.79 Å². The minimum atomic E-state index is 0.273. The summed E-state index contributed by atoms with van der Waals surface area (Å²) in [6.45, 7) is 6.34. The molecule has 2 aromatic carbocycles. The van der Waals surface area contributed by atoms with Crippen LogP contribution < -0.4 is 15.4 Å². The van der Waals surface area contributed by atoms with Crippen LogP contribution >= 0.6 is 11.9 Å². The number of rotatable bonds is 8. The summed E-state index contributed by atoms with van der Waals surface area (Å²) in [6.07, 6.45) is 6.87. The average Bonchev–Trinajstić information content (AvgIpc) is 2.76. The first-order valence-electron chi connectivity index (χ1n) is 10.5. The van der Waals surface area contributed by atoms with Crippen LogP contribution in [0, 0.1) is 5.92 Å². The summed E-state index contributed by atoms with van der Waals surface area (Å²) >= 11 is 1.77. The maximum Gasteiger partial charge on any atom is 0.122 e. The Kier molecular flexibility index (Phi) is 10.4. The van der Waals surface area contributed by atoms with Gasteiger partial charge in [0.05, 0.1) is 0 Å². The van der Waals surface area contributed by atoms with E-state index in [0.29, 0.717) is 6.04 Å². The number of aldehydes is 1. The van der Waals surface area contributed by atoms with Gasteiger partial charge < -0.3 is 15.4 Å². The topological polar surface area (TPSA) is 53.2 Å². The first-order chi connectivity index (χ1) is 13.7. The Morgan fingerprint density at radius 3 is 2.54 bits per heavy atom. The molecule has 0 aliphatic carbocycles. The van der Waals surface area contributed by atoms with Crippen molar-refractivity contribution in [2.75, 3.05) is 25.5 Å². The zero-order chi connectivity index (χ0) is 20.2. The van der Waals surface area contributed by atoms with E-state index in [1.807, 2.05) is 14.0 Å². The summed E-state index contributed by atoms with van der Waals surface area (Å²) < 4.78 is 3.62. The fourth-order valence-corrected chi connectivity index (χ4v) is 4.21. The van der Waals surface area contributed by atoms with E-state index in [0.717, 1.165) is 25.8 Å². The quantitative estimate of drug-likeness (QED) is 0.417. The third-order valence-corrected chi connectivity index (χ3v) is 6.10. The molecule has 2 aromatic rings. The lowest BCUT2D eigenvalue weighted by Crippen LogP contribution is -2.37. The second kappa shape index (κ2) is 12.8. The molecule has 0 saturated carbocycles. The summed E-state index contributed by atoms with van der Waals surface area (Å²) in [5, 5.41) is 9.26. The van der Waals surface area contributed by atoms with E-state index in [1.54, 1.807) is 11.9 Å². The second-order valence-electron chi connectivity index (χ2n) is 7.41. The third-order valence-electron chi connectivity index (χ3n) is 5.07. The molecular weight excluding hydrogens is 366 g/mol. The predicted octanol–water partition coefficient (Wildman–Crippen LogP) is 5.24. The van der Waals surface area contributed by atoms with E-state index >= 15 is 0 Å². The van der Waals surface area contributed by atoms with Gasteiger partial charge in [-0.15, -0.1) is 0 Å². The molecule has 1 unspecified atom stereocenters. The zero-order valence-corrected chi connectivity index (χ0v) is 18.3.